The number of hydrogen-bond donors (Lipinski definition) is 1. The number of ether oxygens (including phenoxy) is 1. The highest BCUT2D eigenvalue weighted by Gasteiger charge is 2.13. The van der Waals surface area contributed by atoms with Crippen molar-refractivity contribution in [3.63, 3.8) is 0 Å². The van der Waals surface area contributed by atoms with Crippen LogP contribution >= 0.6 is 0 Å². The molecule has 3 nitrogen and oxygen atoms in total. The molecule has 0 aliphatic carbocycles. The molecule has 0 amide bonds. The third kappa shape index (κ3) is 2.04. The molecule has 0 aliphatic rings. The molecule has 0 radical (unpaired) electrons. The number of benzene rings is 2. The first-order valence-electron chi connectivity index (χ1n) is 4.78. The van der Waals surface area contributed by atoms with Gasteiger partial charge in [0, 0.05) is 13.0 Å². The Hall–Kier alpha value is -2.17. The number of carbonyl (C=O) groups is 1. The largest absolute Gasteiger partial charge is 0.507 e. The number of hydrogen-bond acceptors (Lipinski definition) is 3. The van der Waals surface area contributed by atoms with Gasteiger partial charge in [0.05, 0.1) is 5.39 Å². The molecule has 0 heterocycles. The molecule has 5 heteroatoms. The van der Waals surface area contributed by atoms with E-state index in [0.29, 0.717) is 0 Å². The zero-order chi connectivity index (χ0) is 12.6. The maximum Gasteiger partial charge on any atom is 0.308 e. The van der Waals surface area contributed by atoms with E-state index in [-0.39, 0.29) is 16.5 Å². The number of esters is 1. The molecule has 0 fully saturated rings. The summed E-state index contributed by atoms with van der Waals surface area (Å²) in [6.45, 7) is 1.20. The minimum atomic E-state index is -1.13. The van der Waals surface area contributed by atoms with Gasteiger partial charge in [0.25, 0.3) is 0 Å². The van der Waals surface area contributed by atoms with Crippen molar-refractivity contribution >= 4 is 16.7 Å². The molecule has 0 saturated carbocycles. The molecule has 0 unspecified atom stereocenters. The molecule has 0 spiro atoms. The van der Waals surface area contributed by atoms with Gasteiger partial charge in [-0.3, -0.25) is 4.79 Å². The van der Waals surface area contributed by atoms with E-state index >= 15 is 0 Å². The first-order valence-corrected chi connectivity index (χ1v) is 4.78. The molecule has 1 N–H and O–H groups in total. The van der Waals surface area contributed by atoms with Crippen LogP contribution < -0.4 is 4.74 Å². The van der Waals surface area contributed by atoms with Gasteiger partial charge in [-0.25, -0.2) is 8.78 Å². The van der Waals surface area contributed by atoms with Crippen LogP contribution in [0.2, 0.25) is 0 Å². The van der Waals surface area contributed by atoms with Crippen molar-refractivity contribution in [1.82, 2.24) is 0 Å². The fourth-order valence-corrected chi connectivity index (χ4v) is 1.57. The molecule has 0 saturated heterocycles. The van der Waals surface area contributed by atoms with E-state index in [1.807, 2.05) is 0 Å². The summed E-state index contributed by atoms with van der Waals surface area (Å²) in [5, 5.41) is 9.59. The van der Waals surface area contributed by atoms with E-state index < -0.39 is 23.4 Å². The van der Waals surface area contributed by atoms with Gasteiger partial charge in [0.1, 0.15) is 11.5 Å². The van der Waals surface area contributed by atoms with Crippen LogP contribution in [-0.2, 0) is 4.79 Å². The highest BCUT2D eigenvalue weighted by Crippen LogP contribution is 2.33. The Morgan fingerprint density at radius 3 is 2.65 bits per heavy atom. The third-order valence-electron chi connectivity index (χ3n) is 2.22. The lowest BCUT2D eigenvalue weighted by Crippen LogP contribution is -2.01. The summed E-state index contributed by atoms with van der Waals surface area (Å²) in [5.74, 6) is -3.14. The second-order valence-corrected chi connectivity index (χ2v) is 3.50. The van der Waals surface area contributed by atoms with Crippen molar-refractivity contribution in [3.8, 4) is 11.5 Å². The Bertz CT molecular complexity index is 608. The summed E-state index contributed by atoms with van der Waals surface area (Å²) < 4.78 is 31.1. The topological polar surface area (TPSA) is 46.5 Å². The highest BCUT2D eigenvalue weighted by molar-refractivity contribution is 5.90. The minimum absolute atomic E-state index is 0.0773. The van der Waals surface area contributed by atoms with E-state index in [1.165, 1.54) is 19.1 Å². The predicted molar refractivity (Wildman–Crippen MR) is 56.8 cm³/mol. The number of halogens is 2. The van der Waals surface area contributed by atoms with Crippen LogP contribution in [0.5, 0.6) is 11.5 Å². The Labute approximate surface area is 95.2 Å². The average Bonchev–Trinajstić information content (AvgIpc) is 2.22. The van der Waals surface area contributed by atoms with Crippen LogP contribution in [0.3, 0.4) is 0 Å². The first kappa shape index (κ1) is 11.3. The summed E-state index contributed by atoms with van der Waals surface area (Å²) in [4.78, 5) is 10.7. The van der Waals surface area contributed by atoms with Gasteiger partial charge in [-0.2, -0.15) is 0 Å². The molecule has 2 aromatic rings. The molecular weight excluding hydrogens is 230 g/mol. The number of carbonyl (C=O) groups excluding carboxylic acids is 1. The monoisotopic (exact) mass is 238 g/mol. The maximum atomic E-state index is 13.4. The van der Waals surface area contributed by atoms with E-state index in [0.717, 1.165) is 12.1 Å². The fourth-order valence-electron chi connectivity index (χ4n) is 1.57. The van der Waals surface area contributed by atoms with E-state index in [4.69, 9.17) is 4.74 Å². The van der Waals surface area contributed by atoms with Crippen molar-refractivity contribution in [2.24, 2.45) is 0 Å². The van der Waals surface area contributed by atoms with Crippen LogP contribution in [0, 0.1) is 11.6 Å². The van der Waals surface area contributed by atoms with Crippen molar-refractivity contribution < 1.29 is 23.4 Å². The molecule has 2 rings (SSSR count). The average molecular weight is 238 g/mol. The van der Waals surface area contributed by atoms with Crippen LogP contribution in [0.4, 0.5) is 8.78 Å². The van der Waals surface area contributed by atoms with Crippen molar-refractivity contribution in [2.75, 3.05) is 0 Å². The fraction of sp³-hybridized carbons (Fsp3) is 0.0833. The molecular formula is C12H8F2O3. The predicted octanol–water partition coefficient (Wildman–Crippen LogP) is 2.75. The van der Waals surface area contributed by atoms with Crippen molar-refractivity contribution in [1.29, 1.82) is 0 Å². The summed E-state index contributed by atoms with van der Waals surface area (Å²) in [5.41, 5.74) is 0. The van der Waals surface area contributed by atoms with Crippen LogP contribution in [0.1, 0.15) is 6.92 Å². The van der Waals surface area contributed by atoms with E-state index in [1.54, 1.807) is 0 Å². The lowest BCUT2D eigenvalue weighted by molar-refractivity contribution is -0.131. The zero-order valence-electron chi connectivity index (χ0n) is 8.83. The molecule has 0 aliphatic heterocycles. The van der Waals surface area contributed by atoms with Gasteiger partial charge in [-0.1, -0.05) is 6.07 Å². The van der Waals surface area contributed by atoms with E-state index in [2.05, 4.69) is 0 Å². The van der Waals surface area contributed by atoms with Crippen molar-refractivity contribution in [3.05, 3.63) is 35.9 Å². The Kier molecular flexibility index (Phi) is 2.67. The van der Waals surface area contributed by atoms with Gasteiger partial charge in [-0.05, 0) is 17.5 Å². The van der Waals surface area contributed by atoms with Gasteiger partial charge in [-0.15, -0.1) is 0 Å². The molecule has 0 atom stereocenters. The van der Waals surface area contributed by atoms with Crippen LogP contribution in [-0.4, -0.2) is 11.1 Å². The standard InChI is InChI=1S/C12H8F2O3/c1-6(15)17-8-4-7-2-3-9(13)12(14)11(7)10(16)5-8/h2-5,16H,1H3. The number of phenolic OH excluding ortho intramolecular Hbond substituents is 1. The summed E-state index contributed by atoms with van der Waals surface area (Å²) >= 11 is 0. The zero-order valence-corrected chi connectivity index (χ0v) is 8.83. The Morgan fingerprint density at radius 1 is 1.29 bits per heavy atom. The van der Waals surface area contributed by atoms with Gasteiger partial charge in [0.2, 0.25) is 0 Å². The van der Waals surface area contributed by atoms with Gasteiger partial charge >= 0.3 is 5.97 Å². The first-order chi connectivity index (χ1) is 7.99. The lowest BCUT2D eigenvalue weighted by atomic mass is 10.1. The quantitative estimate of drug-likeness (QED) is 0.613. The number of fused-ring (bicyclic) bond motifs is 1. The van der Waals surface area contributed by atoms with Crippen LogP contribution in [0.15, 0.2) is 24.3 Å². The second-order valence-electron chi connectivity index (χ2n) is 3.50. The van der Waals surface area contributed by atoms with E-state index in [9.17, 15) is 18.7 Å². The molecule has 0 aromatic heterocycles. The molecule has 17 heavy (non-hydrogen) atoms. The maximum absolute atomic E-state index is 13.4. The normalized spacial score (nSPS) is 10.5. The smallest absolute Gasteiger partial charge is 0.308 e. The molecule has 2 aromatic carbocycles. The third-order valence-corrected chi connectivity index (χ3v) is 2.22. The Balaban J connectivity index is 2.68. The lowest BCUT2D eigenvalue weighted by Gasteiger charge is -2.07. The summed E-state index contributed by atoms with van der Waals surface area (Å²) in [6, 6.07) is 4.64. The minimum Gasteiger partial charge on any atom is -0.507 e. The van der Waals surface area contributed by atoms with Gasteiger partial charge < -0.3 is 9.84 Å². The number of aromatic hydroxyl groups is 1. The van der Waals surface area contributed by atoms with Gasteiger partial charge in [0.15, 0.2) is 11.6 Å². The SMILES string of the molecule is CC(=O)Oc1cc(O)c2c(F)c(F)ccc2c1. The van der Waals surface area contributed by atoms with Crippen LogP contribution in [0.25, 0.3) is 10.8 Å². The highest BCUT2D eigenvalue weighted by atomic mass is 19.2. The Morgan fingerprint density at radius 2 is 2.00 bits per heavy atom. The number of rotatable bonds is 1. The summed E-state index contributed by atoms with van der Waals surface area (Å²) in [6.07, 6.45) is 0. The molecule has 0 bridgehead atoms. The second kappa shape index (κ2) is 4.01. The molecule has 88 valence electrons. The number of phenols is 1. The summed E-state index contributed by atoms with van der Waals surface area (Å²) in [7, 11) is 0. The van der Waals surface area contributed by atoms with Crippen molar-refractivity contribution in [2.45, 2.75) is 6.92 Å².